The molecule has 0 saturated carbocycles. The van der Waals surface area contributed by atoms with Gasteiger partial charge < -0.3 is 10.5 Å². The molecule has 0 bridgehead atoms. The molecule has 0 aliphatic rings. The van der Waals surface area contributed by atoms with E-state index in [-0.39, 0.29) is 5.11 Å². The van der Waals surface area contributed by atoms with Gasteiger partial charge in [0.2, 0.25) is 0 Å². The zero-order valence-corrected chi connectivity index (χ0v) is 14.9. The first-order chi connectivity index (χ1) is 11.5. The van der Waals surface area contributed by atoms with Gasteiger partial charge in [-0.3, -0.25) is 5.43 Å². The Morgan fingerprint density at radius 3 is 2.71 bits per heavy atom. The SMILES string of the molecule is NC(=S)NN=Cc1cc(Br)ccc1OC(=O)C=Cc1ccccc1. The lowest BCUT2D eigenvalue weighted by Crippen LogP contribution is -2.24. The number of hydrogen-bond donors (Lipinski definition) is 2. The largest absolute Gasteiger partial charge is 0.423 e. The van der Waals surface area contributed by atoms with Crippen molar-refractivity contribution in [2.75, 3.05) is 0 Å². The first kappa shape index (κ1) is 17.8. The molecule has 2 aromatic rings. The van der Waals surface area contributed by atoms with Gasteiger partial charge in [-0.15, -0.1) is 0 Å². The molecule has 0 aromatic heterocycles. The molecular weight excluding hydrogens is 390 g/mol. The molecular formula is C17H14BrN3O2S. The minimum atomic E-state index is -0.488. The van der Waals surface area contributed by atoms with Crippen molar-refractivity contribution in [2.45, 2.75) is 0 Å². The molecule has 2 rings (SSSR count). The average Bonchev–Trinajstić information content (AvgIpc) is 2.56. The third kappa shape index (κ3) is 5.94. The number of nitrogens with one attached hydrogen (secondary N) is 1. The van der Waals surface area contributed by atoms with Gasteiger partial charge >= 0.3 is 5.97 Å². The Morgan fingerprint density at radius 1 is 1.25 bits per heavy atom. The zero-order valence-electron chi connectivity index (χ0n) is 12.5. The summed E-state index contributed by atoms with van der Waals surface area (Å²) in [6, 6.07) is 14.7. The van der Waals surface area contributed by atoms with Crippen molar-refractivity contribution in [1.29, 1.82) is 0 Å². The van der Waals surface area contributed by atoms with E-state index in [0.29, 0.717) is 11.3 Å². The van der Waals surface area contributed by atoms with Gasteiger partial charge in [0.25, 0.3) is 0 Å². The summed E-state index contributed by atoms with van der Waals surface area (Å²) in [5, 5.41) is 3.92. The molecule has 0 spiro atoms. The number of esters is 1. The minimum absolute atomic E-state index is 0.0468. The maximum Gasteiger partial charge on any atom is 0.336 e. The summed E-state index contributed by atoms with van der Waals surface area (Å²) in [6.45, 7) is 0. The maximum absolute atomic E-state index is 12.0. The number of nitrogens with zero attached hydrogens (tertiary/aromatic N) is 1. The second-order valence-corrected chi connectivity index (χ2v) is 5.94. The fraction of sp³-hybridized carbons (Fsp3) is 0. The number of thiocarbonyl (C=S) groups is 1. The Bertz CT molecular complexity index is 792. The van der Waals surface area contributed by atoms with Gasteiger partial charge in [-0.1, -0.05) is 46.3 Å². The van der Waals surface area contributed by atoms with Gasteiger partial charge in [-0.25, -0.2) is 4.79 Å². The summed E-state index contributed by atoms with van der Waals surface area (Å²) in [4.78, 5) is 12.0. The van der Waals surface area contributed by atoms with Crippen LogP contribution in [0.3, 0.4) is 0 Å². The first-order valence-electron chi connectivity index (χ1n) is 6.87. The van der Waals surface area contributed by atoms with Crippen LogP contribution in [-0.2, 0) is 4.79 Å². The van der Waals surface area contributed by atoms with Crippen molar-refractivity contribution in [3.05, 3.63) is 70.2 Å². The van der Waals surface area contributed by atoms with Gasteiger partial charge in [0.15, 0.2) is 5.11 Å². The number of carbonyl (C=O) groups is 1. The average molecular weight is 404 g/mol. The van der Waals surface area contributed by atoms with Crippen LogP contribution in [0, 0.1) is 0 Å². The number of halogens is 1. The van der Waals surface area contributed by atoms with Gasteiger partial charge in [0.05, 0.1) is 6.21 Å². The number of carbonyl (C=O) groups excluding carboxylic acids is 1. The Morgan fingerprint density at radius 2 is 2.00 bits per heavy atom. The van der Waals surface area contributed by atoms with E-state index in [4.69, 9.17) is 10.5 Å². The van der Waals surface area contributed by atoms with E-state index in [2.05, 4.69) is 38.7 Å². The highest BCUT2D eigenvalue weighted by molar-refractivity contribution is 9.10. The molecule has 0 atom stereocenters. The van der Waals surface area contributed by atoms with E-state index in [1.807, 2.05) is 30.3 Å². The predicted molar refractivity (Wildman–Crippen MR) is 103 cm³/mol. The van der Waals surface area contributed by atoms with Gasteiger partial charge in [-0.2, -0.15) is 5.10 Å². The van der Waals surface area contributed by atoms with Crippen LogP contribution in [0.25, 0.3) is 6.08 Å². The smallest absolute Gasteiger partial charge is 0.336 e. The quantitative estimate of drug-likeness (QED) is 0.200. The number of rotatable bonds is 5. The molecule has 24 heavy (non-hydrogen) atoms. The maximum atomic E-state index is 12.0. The lowest BCUT2D eigenvalue weighted by Gasteiger charge is -2.06. The Kier molecular flexibility index (Phi) is 6.65. The molecule has 0 aliphatic carbocycles. The van der Waals surface area contributed by atoms with Crippen molar-refractivity contribution >= 4 is 51.5 Å². The van der Waals surface area contributed by atoms with Crippen molar-refractivity contribution in [2.24, 2.45) is 10.8 Å². The minimum Gasteiger partial charge on any atom is -0.423 e. The summed E-state index contributed by atoms with van der Waals surface area (Å²) in [6.07, 6.45) is 4.52. The summed E-state index contributed by atoms with van der Waals surface area (Å²) < 4.78 is 6.17. The predicted octanol–water partition coefficient (Wildman–Crippen LogP) is 3.24. The lowest BCUT2D eigenvalue weighted by molar-refractivity contribution is -0.128. The molecule has 122 valence electrons. The van der Waals surface area contributed by atoms with E-state index in [1.165, 1.54) is 12.3 Å². The van der Waals surface area contributed by atoms with Crippen LogP contribution >= 0.6 is 28.1 Å². The topological polar surface area (TPSA) is 76.7 Å². The van der Waals surface area contributed by atoms with Gasteiger partial charge in [0, 0.05) is 16.1 Å². The van der Waals surface area contributed by atoms with Gasteiger partial charge in [-0.05, 0) is 42.1 Å². The van der Waals surface area contributed by atoms with Crippen LogP contribution in [0.5, 0.6) is 5.75 Å². The fourth-order valence-electron chi connectivity index (χ4n) is 1.75. The molecule has 0 unspecified atom stereocenters. The molecule has 0 heterocycles. The molecule has 2 aromatic carbocycles. The second kappa shape index (κ2) is 8.95. The van der Waals surface area contributed by atoms with Crippen LogP contribution in [0.2, 0.25) is 0 Å². The van der Waals surface area contributed by atoms with E-state index in [0.717, 1.165) is 10.0 Å². The van der Waals surface area contributed by atoms with Crippen molar-refractivity contribution in [3.63, 3.8) is 0 Å². The van der Waals surface area contributed by atoms with Crippen LogP contribution in [0.4, 0.5) is 0 Å². The summed E-state index contributed by atoms with van der Waals surface area (Å²) in [5.41, 5.74) is 9.25. The molecule has 7 heteroatoms. The third-order valence-corrected chi connectivity index (χ3v) is 3.36. The summed E-state index contributed by atoms with van der Waals surface area (Å²) in [5.74, 6) is -0.118. The summed E-state index contributed by atoms with van der Waals surface area (Å²) in [7, 11) is 0. The van der Waals surface area contributed by atoms with E-state index in [1.54, 1.807) is 24.3 Å². The second-order valence-electron chi connectivity index (χ2n) is 4.58. The molecule has 0 radical (unpaired) electrons. The highest BCUT2D eigenvalue weighted by Crippen LogP contribution is 2.22. The number of hydrazone groups is 1. The van der Waals surface area contributed by atoms with Crippen molar-refractivity contribution < 1.29 is 9.53 Å². The Labute approximate surface area is 153 Å². The summed E-state index contributed by atoms with van der Waals surface area (Å²) >= 11 is 8.03. The molecule has 5 nitrogen and oxygen atoms in total. The van der Waals surface area contributed by atoms with Crippen molar-refractivity contribution in [1.82, 2.24) is 5.43 Å². The Hall–Kier alpha value is -2.51. The normalized spacial score (nSPS) is 10.9. The number of benzene rings is 2. The molecule has 3 N–H and O–H groups in total. The highest BCUT2D eigenvalue weighted by atomic mass is 79.9. The van der Waals surface area contributed by atoms with Crippen LogP contribution in [-0.4, -0.2) is 17.3 Å². The molecule has 0 fully saturated rings. The highest BCUT2D eigenvalue weighted by Gasteiger charge is 2.07. The van der Waals surface area contributed by atoms with Crippen LogP contribution < -0.4 is 15.9 Å². The first-order valence-corrected chi connectivity index (χ1v) is 8.08. The van der Waals surface area contributed by atoms with Gasteiger partial charge in [0.1, 0.15) is 5.75 Å². The monoisotopic (exact) mass is 403 g/mol. The Balaban J connectivity index is 2.10. The zero-order chi connectivity index (χ0) is 17.4. The molecule has 0 saturated heterocycles. The van der Waals surface area contributed by atoms with E-state index < -0.39 is 5.97 Å². The van der Waals surface area contributed by atoms with E-state index >= 15 is 0 Å². The van der Waals surface area contributed by atoms with Crippen molar-refractivity contribution in [3.8, 4) is 5.75 Å². The lowest BCUT2D eigenvalue weighted by atomic mass is 10.2. The molecule has 0 amide bonds. The fourth-order valence-corrected chi connectivity index (χ4v) is 2.18. The number of ether oxygens (including phenoxy) is 1. The van der Waals surface area contributed by atoms with Crippen LogP contribution in [0.15, 0.2) is 64.2 Å². The van der Waals surface area contributed by atoms with Crippen LogP contribution in [0.1, 0.15) is 11.1 Å². The standard InChI is InChI=1S/C17H14BrN3O2S/c18-14-7-8-15(13(10-14)11-20-21-17(19)24)23-16(22)9-6-12-4-2-1-3-5-12/h1-11H,(H3,19,21,24). The number of hydrogen-bond acceptors (Lipinski definition) is 4. The molecule has 0 aliphatic heterocycles. The number of nitrogens with two attached hydrogens (primary N) is 1. The third-order valence-electron chi connectivity index (χ3n) is 2.77. The van der Waals surface area contributed by atoms with E-state index in [9.17, 15) is 4.79 Å².